The van der Waals surface area contributed by atoms with Crippen LogP contribution in [0.25, 0.3) is 0 Å². The minimum Gasteiger partial charge on any atom is -0.488 e. The summed E-state index contributed by atoms with van der Waals surface area (Å²) in [5.41, 5.74) is 1.30. The van der Waals surface area contributed by atoms with Crippen LogP contribution in [0.15, 0.2) is 42.5 Å². The molecule has 1 aliphatic heterocycles. The van der Waals surface area contributed by atoms with Crippen molar-refractivity contribution in [1.82, 2.24) is 9.21 Å². The Morgan fingerprint density at radius 2 is 1.79 bits per heavy atom. The highest BCUT2D eigenvalue weighted by molar-refractivity contribution is 7.89. The molecule has 0 unspecified atom stereocenters. The van der Waals surface area contributed by atoms with E-state index < -0.39 is 15.8 Å². The van der Waals surface area contributed by atoms with Gasteiger partial charge in [-0.1, -0.05) is 35.9 Å². The average molecular weight is 427 g/mol. The third-order valence-corrected chi connectivity index (χ3v) is 7.13. The van der Waals surface area contributed by atoms with Crippen LogP contribution >= 0.6 is 11.6 Å². The molecule has 152 valence electrons. The van der Waals surface area contributed by atoms with E-state index in [0.29, 0.717) is 49.1 Å². The number of rotatable bonds is 7. The summed E-state index contributed by atoms with van der Waals surface area (Å²) in [5, 5.41) is 0.339. The number of halogens is 2. The van der Waals surface area contributed by atoms with Crippen molar-refractivity contribution < 1.29 is 17.5 Å². The Kier molecular flexibility index (Phi) is 6.93. The number of piperazine rings is 1. The fourth-order valence-corrected chi connectivity index (χ4v) is 4.49. The van der Waals surface area contributed by atoms with Crippen LogP contribution in [0.3, 0.4) is 0 Å². The molecule has 8 heteroatoms. The smallest absolute Gasteiger partial charge is 0.213 e. The van der Waals surface area contributed by atoms with E-state index in [2.05, 4.69) is 4.90 Å². The van der Waals surface area contributed by atoms with Crippen LogP contribution in [0.5, 0.6) is 5.75 Å². The third-order valence-electron chi connectivity index (χ3n) is 4.89. The molecular weight excluding hydrogens is 403 g/mol. The number of hydrogen-bond donors (Lipinski definition) is 0. The van der Waals surface area contributed by atoms with Crippen LogP contribution in [0.4, 0.5) is 4.39 Å². The van der Waals surface area contributed by atoms with E-state index in [4.69, 9.17) is 16.3 Å². The molecule has 0 spiro atoms. The monoisotopic (exact) mass is 426 g/mol. The first-order valence-corrected chi connectivity index (χ1v) is 11.2. The maximum absolute atomic E-state index is 14.0. The van der Waals surface area contributed by atoms with Crippen LogP contribution in [0, 0.1) is 5.82 Å². The summed E-state index contributed by atoms with van der Waals surface area (Å²) < 4.78 is 45.4. The van der Waals surface area contributed by atoms with Crippen molar-refractivity contribution in [2.45, 2.75) is 20.1 Å². The molecule has 2 aromatic rings. The Morgan fingerprint density at radius 3 is 2.46 bits per heavy atom. The van der Waals surface area contributed by atoms with Gasteiger partial charge in [0.2, 0.25) is 10.0 Å². The van der Waals surface area contributed by atoms with Crippen LogP contribution in [-0.4, -0.2) is 49.6 Å². The Labute approximate surface area is 170 Å². The van der Waals surface area contributed by atoms with Gasteiger partial charge in [-0.15, -0.1) is 0 Å². The lowest BCUT2D eigenvalue weighted by Crippen LogP contribution is -2.48. The SMILES string of the molecule is CCS(=O)(=O)N1CCN(Cc2ccccc2OCc2c(F)cccc2Cl)CC1. The van der Waals surface area contributed by atoms with E-state index in [-0.39, 0.29) is 12.4 Å². The number of para-hydroxylation sites is 1. The van der Waals surface area contributed by atoms with E-state index >= 15 is 0 Å². The predicted octanol–water partition coefficient (Wildman–Crippen LogP) is 3.53. The molecule has 0 saturated carbocycles. The molecule has 0 amide bonds. The van der Waals surface area contributed by atoms with Crippen molar-refractivity contribution in [2.75, 3.05) is 31.9 Å². The molecule has 1 fully saturated rings. The standard InChI is InChI=1S/C20H24ClFN2O3S/c1-2-28(25,26)24-12-10-23(11-13-24)14-16-6-3-4-9-20(16)27-15-17-18(21)7-5-8-19(17)22/h3-9H,2,10-15H2,1H3. The minimum absolute atomic E-state index is 0.0467. The highest BCUT2D eigenvalue weighted by Gasteiger charge is 2.25. The topological polar surface area (TPSA) is 49.9 Å². The predicted molar refractivity (Wildman–Crippen MR) is 108 cm³/mol. The molecule has 1 aliphatic rings. The quantitative estimate of drug-likeness (QED) is 0.679. The lowest BCUT2D eigenvalue weighted by Gasteiger charge is -2.34. The Hall–Kier alpha value is -1.67. The molecule has 2 aromatic carbocycles. The second kappa shape index (κ2) is 9.22. The van der Waals surface area contributed by atoms with Gasteiger partial charge in [0.15, 0.2) is 0 Å². The lowest BCUT2D eigenvalue weighted by molar-refractivity contribution is 0.178. The number of sulfonamides is 1. The number of hydrogen-bond acceptors (Lipinski definition) is 4. The van der Waals surface area contributed by atoms with Gasteiger partial charge in [-0.3, -0.25) is 4.90 Å². The molecule has 0 aliphatic carbocycles. The van der Waals surface area contributed by atoms with Gasteiger partial charge in [-0.05, 0) is 25.1 Å². The maximum Gasteiger partial charge on any atom is 0.213 e. The van der Waals surface area contributed by atoms with Crippen LogP contribution in [0.1, 0.15) is 18.1 Å². The zero-order valence-electron chi connectivity index (χ0n) is 15.8. The van der Waals surface area contributed by atoms with Crippen molar-refractivity contribution in [3.05, 3.63) is 64.4 Å². The zero-order chi connectivity index (χ0) is 20.1. The summed E-state index contributed by atoms with van der Waals surface area (Å²) in [6.07, 6.45) is 0. The average Bonchev–Trinajstić information content (AvgIpc) is 2.69. The summed E-state index contributed by atoms with van der Waals surface area (Å²) in [4.78, 5) is 2.19. The van der Waals surface area contributed by atoms with Gasteiger partial charge >= 0.3 is 0 Å². The van der Waals surface area contributed by atoms with Gasteiger partial charge in [0, 0.05) is 43.9 Å². The van der Waals surface area contributed by atoms with E-state index in [0.717, 1.165) is 5.56 Å². The fourth-order valence-electron chi connectivity index (χ4n) is 3.18. The van der Waals surface area contributed by atoms with Gasteiger partial charge in [0.05, 0.1) is 10.8 Å². The van der Waals surface area contributed by atoms with Gasteiger partial charge in [0.1, 0.15) is 18.2 Å². The van der Waals surface area contributed by atoms with E-state index in [1.54, 1.807) is 23.4 Å². The molecule has 3 rings (SSSR count). The van der Waals surface area contributed by atoms with Crippen molar-refractivity contribution in [3.8, 4) is 5.75 Å². The summed E-state index contributed by atoms with van der Waals surface area (Å²) >= 11 is 6.07. The molecule has 0 atom stereocenters. The van der Waals surface area contributed by atoms with Crippen molar-refractivity contribution >= 4 is 21.6 Å². The second-order valence-electron chi connectivity index (χ2n) is 6.67. The molecule has 28 heavy (non-hydrogen) atoms. The van der Waals surface area contributed by atoms with Gasteiger partial charge in [-0.2, -0.15) is 4.31 Å². The maximum atomic E-state index is 14.0. The van der Waals surface area contributed by atoms with Crippen molar-refractivity contribution in [3.63, 3.8) is 0 Å². The zero-order valence-corrected chi connectivity index (χ0v) is 17.3. The Morgan fingerprint density at radius 1 is 1.07 bits per heavy atom. The normalized spacial score (nSPS) is 16.2. The molecule has 0 N–H and O–H groups in total. The van der Waals surface area contributed by atoms with Gasteiger partial charge in [-0.25, -0.2) is 12.8 Å². The first kappa shape index (κ1) is 21.0. The molecule has 1 heterocycles. The van der Waals surface area contributed by atoms with E-state index in [1.807, 2.05) is 24.3 Å². The molecule has 0 aromatic heterocycles. The largest absolute Gasteiger partial charge is 0.488 e. The Balaban J connectivity index is 1.63. The summed E-state index contributed by atoms with van der Waals surface area (Å²) in [7, 11) is -3.14. The number of ether oxygens (including phenoxy) is 1. The van der Waals surface area contributed by atoms with Crippen LogP contribution < -0.4 is 4.74 Å². The van der Waals surface area contributed by atoms with Crippen LogP contribution in [0.2, 0.25) is 5.02 Å². The Bertz CT molecular complexity index is 895. The molecule has 5 nitrogen and oxygen atoms in total. The summed E-state index contributed by atoms with van der Waals surface area (Å²) in [5.74, 6) is 0.408. The molecule has 0 radical (unpaired) electrons. The first-order chi connectivity index (χ1) is 13.4. The molecule has 0 bridgehead atoms. The lowest BCUT2D eigenvalue weighted by atomic mass is 10.1. The van der Waals surface area contributed by atoms with Gasteiger partial charge < -0.3 is 4.74 Å². The number of nitrogens with zero attached hydrogens (tertiary/aromatic N) is 2. The van der Waals surface area contributed by atoms with E-state index in [9.17, 15) is 12.8 Å². The number of benzene rings is 2. The van der Waals surface area contributed by atoms with Crippen molar-refractivity contribution in [1.29, 1.82) is 0 Å². The highest BCUT2D eigenvalue weighted by atomic mass is 35.5. The fraction of sp³-hybridized carbons (Fsp3) is 0.400. The third kappa shape index (κ3) is 5.03. The van der Waals surface area contributed by atoms with Crippen LogP contribution in [-0.2, 0) is 23.2 Å². The molecular formula is C20H24ClFN2O3S. The van der Waals surface area contributed by atoms with Crippen molar-refractivity contribution in [2.24, 2.45) is 0 Å². The second-order valence-corrected chi connectivity index (χ2v) is 9.34. The first-order valence-electron chi connectivity index (χ1n) is 9.24. The van der Waals surface area contributed by atoms with E-state index in [1.165, 1.54) is 6.07 Å². The minimum atomic E-state index is -3.14. The van der Waals surface area contributed by atoms with Gasteiger partial charge in [0.25, 0.3) is 0 Å². The summed E-state index contributed by atoms with van der Waals surface area (Å²) in [6.45, 7) is 4.65. The summed E-state index contributed by atoms with van der Waals surface area (Å²) in [6, 6.07) is 12.2. The molecule has 1 saturated heterocycles. The highest BCUT2D eigenvalue weighted by Crippen LogP contribution is 2.25.